The molecule has 1 N–H and O–H groups in total. The molecule has 1 heterocycles. The van der Waals surface area contributed by atoms with E-state index in [9.17, 15) is 14.9 Å². The number of aliphatic carboxylic acids is 1. The maximum absolute atomic E-state index is 10.7. The zero-order valence-corrected chi connectivity index (χ0v) is 10.2. The Kier molecular flexibility index (Phi) is 3.85. The van der Waals surface area contributed by atoms with Crippen molar-refractivity contribution >= 4 is 17.7 Å². The number of carboxylic acids is 1. The summed E-state index contributed by atoms with van der Waals surface area (Å²) in [7, 11) is 0. The van der Waals surface area contributed by atoms with Crippen molar-refractivity contribution in [1.29, 1.82) is 0 Å². The van der Waals surface area contributed by atoms with Crippen LogP contribution in [0.15, 0.2) is 36.5 Å². The van der Waals surface area contributed by atoms with Crippen LogP contribution in [-0.2, 0) is 11.3 Å². The third-order valence-electron chi connectivity index (χ3n) is 2.42. The molecule has 0 spiro atoms. The van der Waals surface area contributed by atoms with E-state index in [2.05, 4.69) is 10.3 Å². The fourth-order valence-corrected chi connectivity index (χ4v) is 1.58. The third kappa shape index (κ3) is 3.48. The number of nitrogens with zero attached hydrogens (tertiary/aromatic N) is 4. The van der Waals surface area contributed by atoms with Gasteiger partial charge in [-0.2, -0.15) is 0 Å². The lowest BCUT2D eigenvalue weighted by Gasteiger charge is -2.00. The van der Waals surface area contributed by atoms with E-state index in [1.54, 1.807) is 18.3 Å². The molecule has 2 rings (SSSR count). The number of carbonyl (C=O) groups is 1. The Morgan fingerprint density at radius 2 is 2.30 bits per heavy atom. The van der Waals surface area contributed by atoms with E-state index < -0.39 is 10.9 Å². The zero-order chi connectivity index (χ0) is 14.5. The molecule has 20 heavy (non-hydrogen) atoms. The SMILES string of the molecule is O=C(O)C=Cc1cn(Cc2cccc([N+](=O)[O-])c2)nn1. The van der Waals surface area contributed by atoms with Crippen LogP contribution >= 0.6 is 0 Å². The van der Waals surface area contributed by atoms with Crippen LogP contribution in [0.5, 0.6) is 0 Å². The second-order valence-electron chi connectivity index (χ2n) is 3.94. The van der Waals surface area contributed by atoms with Crippen molar-refractivity contribution in [1.82, 2.24) is 15.0 Å². The maximum Gasteiger partial charge on any atom is 0.328 e. The molecule has 8 heteroatoms. The molecule has 0 radical (unpaired) electrons. The molecule has 0 fully saturated rings. The van der Waals surface area contributed by atoms with Gasteiger partial charge in [-0.3, -0.25) is 10.1 Å². The predicted molar refractivity (Wildman–Crippen MR) is 68.9 cm³/mol. The van der Waals surface area contributed by atoms with Crippen LogP contribution in [0.25, 0.3) is 6.08 Å². The van der Waals surface area contributed by atoms with Gasteiger partial charge in [0.2, 0.25) is 0 Å². The summed E-state index contributed by atoms with van der Waals surface area (Å²) in [4.78, 5) is 20.6. The molecule has 0 unspecified atom stereocenters. The molecule has 2 aromatic rings. The Labute approximate surface area is 113 Å². The number of aromatic nitrogens is 3. The summed E-state index contributed by atoms with van der Waals surface area (Å²) >= 11 is 0. The van der Waals surface area contributed by atoms with E-state index in [4.69, 9.17) is 5.11 Å². The average molecular weight is 274 g/mol. The highest BCUT2D eigenvalue weighted by Gasteiger charge is 2.06. The van der Waals surface area contributed by atoms with E-state index in [1.807, 2.05) is 0 Å². The highest BCUT2D eigenvalue weighted by molar-refractivity contribution is 5.84. The van der Waals surface area contributed by atoms with E-state index in [-0.39, 0.29) is 5.69 Å². The Bertz CT molecular complexity index is 678. The van der Waals surface area contributed by atoms with Gasteiger partial charge in [0.25, 0.3) is 5.69 Å². The molecule has 102 valence electrons. The Morgan fingerprint density at radius 3 is 3.00 bits per heavy atom. The molecule has 0 atom stereocenters. The number of non-ortho nitro benzene ring substituents is 1. The number of hydrogen-bond donors (Lipinski definition) is 1. The molecule has 0 saturated carbocycles. The van der Waals surface area contributed by atoms with Crippen molar-refractivity contribution < 1.29 is 14.8 Å². The minimum Gasteiger partial charge on any atom is -0.478 e. The Hall–Kier alpha value is -3.03. The molecule has 0 amide bonds. The van der Waals surface area contributed by atoms with Gasteiger partial charge in [0, 0.05) is 18.2 Å². The van der Waals surface area contributed by atoms with Crippen LogP contribution in [0.4, 0.5) is 5.69 Å². The first-order valence-corrected chi connectivity index (χ1v) is 5.59. The summed E-state index contributed by atoms with van der Waals surface area (Å²) < 4.78 is 1.47. The Morgan fingerprint density at radius 1 is 1.50 bits per heavy atom. The summed E-state index contributed by atoms with van der Waals surface area (Å²) in [6, 6.07) is 6.19. The standard InChI is InChI=1S/C12H10N4O4/c17-12(18)5-4-10-8-15(14-13-10)7-9-2-1-3-11(6-9)16(19)20/h1-6,8H,7H2,(H,17,18). The highest BCUT2D eigenvalue weighted by atomic mass is 16.6. The molecule has 0 aliphatic heterocycles. The first-order valence-electron chi connectivity index (χ1n) is 5.59. The molecule has 1 aromatic carbocycles. The lowest BCUT2D eigenvalue weighted by atomic mass is 10.2. The number of hydrogen-bond acceptors (Lipinski definition) is 5. The number of benzene rings is 1. The Balaban J connectivity index is 2.12. The van der Waals surface area contributed by atoms with Crippen molar-refractivity contribution in [2.45, 2.75) is 6.54 Å². The lowest BCUT2D eigenvalue weighted by molar-refractivity contribution is -0.384. The van der Waals surface area contributed by atoms with Crippen molar-refractivity contribution in [3.8, 4) is 0 Å². The predicted octanol–water partition coefficient (Wildman–Crippen LogP) is 1.33. The highest BCUT2D eigenvalue weighted by Crippen LogP contribution is 2.13. The van der Waals surface area contributed by atoms with Crippen molar-refractivity contribution in [3.05, 3.63) is 57.9 Å². The number of rotatable bonds is 5. The second-order valence-corrected chi connectivity index (χ2v) is 3.94. The van der Waals surface area contributed by atoms with Crippen LogP contribution in [0.2, 0.25) is 0 Å². The third-order valence-corrected chi connectivity index (χ3v) is 2.42. The maximum atomic E-state index is 10.7. The van der Waals surface area contributed by atoms with Gasteiger partial charge in [0.1, 0.15) is 5.69 Å². The van der Waals surface area contributed by atoms with Gasteiger partial charge >= 0.3 is 5.97 Å². The number of carboxylic acid groups (broad SMARTS) is 1. The van der Waals surface area contributed by atoms with E-state index >= 15 is 0 Å². The van der Waals surface area contributed by atoms with Gasteiger partial charge in [0.15, 0.2) is 0 Å². The summed E-state index contributed by atoms with van der Waals surface area (Å²) in [5, 5.41) is 26.7. The molecular formula is C12H10N4O4. The smallest absolute Gasteiger partial charge is 0.328 e. The molecule has 0 bridgehead atoms. The monoisotopic (exact) mass is 274 g/mol. The summed E-state index contributed by atoms with van der Waals surface area (Å²) in [5.74, 6) is -1.07. The van der Waals surface area contributed by atoms with Gasteiger partial charge in [0.05, 0.1) is 17.7 Å². The normalized spacial score (nSPS) is 10.8. The molecular weight excluding hydrogens is 264 g/mol. The van der Waals surface area contributed by atoms with Crippen molar-refractivity contribution in [3.63, 3.8) is 0 Å². The molecule has 0 aliphatic rings. The average Bonchev–Trinajstić information content (AvgIpc) is 2.84. The molecule has 0 saturated heterocycles. The first-order chi connectivity index (χ1) is 9.54. The van der Waals surface area contributed by atoms with Crippen LogP contribution in [0.1, 0.15) is 11.3 Å². The topological polar surface area (TPSA) is 111 Å². The zero-order valence-electron chi connectivity index (χ0n) is 10.2. The minimum absolute atomic E-state index is 0.00797. The summed E-state index contributed by atoms with van der Waals surface area (Å²) in [6.07, 6.45) is 3.83. The number of nitro groups is 1. The summed E-state index contributed by atoms with van der Waals surface area (Å²) in [6.45, 7) is 0.315. The largest absolute Gasteiger partial charge is 0.478 e. The van der Waals surface area contributed by atoms with E-state index in [0.717, 1.165) is 6.08 Å². The quantitative estimate of drug-likeness (QED) is 0.500. The van der Waals surface area contributed by atoms with Crippen molar-refractivity contribution in [2.75, 3.05) is 0 Å². The minimum atomic E-state index is -1.07. The first kappa shape index (κ1) is 13.4. The van der Waals surface area contributed by atoms with Crippen LogP contribution < -0.4 is 0 Å². The van der Waals surface area contributed by atoms with E-state index in [1.165, 1.54) is 22.9 Å². The fraction of sp³-hybridized carbons (Fsp3) is 0.0833. The van der Waals surface area contributed by atoms with Gasteiger partial charge < -0.3 is 5.11 Å². The van der Waals surface area contributed by atoms with Gasteiger partial charge in [-0.25, -0.2) is 9.48 Å². The molecule has 1 aromatic heterocycles. The van der Waals surface area contributed by atoms with Crippen LogP contribution in [-0.4, -0.2) is 31.0 Å². The van der Waals surface area contributed by atoms with Crippen LogP contribution in [0, 0.1) is 10.1 Å². The van der Waals surface area contributed by atoms with Crippen molar-refractivity contribution in [2.24, 2.45) is 0 Å². The van der Waals surface area contributed by atoms with Crippen LogP contribution in [0.3, 0.4) is 0 Å². The van der Waals surface area contributed by atoms with E-state index in [0.29, 0.717) is 17.8 Å². The molecule has 8 nitrogen and oxygen atoms in total. The van der Waals surface area contributed by atoms with Gasteiger partial charge in [-0.1, -0.05) is 17.3 Å². The summed E-state index contributed by atoms with van der Waals surface area (Å²) in [5.41, 5.74) is 1.12. The van der Waals surface area contributed by atoms with Gasteiger partial charge in [-0.05, 0) is 11.6 Å². The molecule has 0 aliphatic carbocycles. The second kappa shape index (κ2) is 5.74. The number of nitro benzene ring substituents is 1. The lowest BCUT2D eigenvalue weighted by Crippen LogP contribution is -2.01. The van der Waals surface area contributed by atoms with Gasteiger partial charge in [-0.15, -0.1) is 5.10 Å². The fourth-order valence-electron chi connectivity index (χ4n) is 1.58.